The maximum atomic E-state index is 10.9. The zero-order chi connectivity index (χ0) is 16.9. The second-order valence-corrected chi connectivity index (χ2v) is 6.79. The van der Waals surface area contributed by atoms with Crippen LogP contribution in [-0.2, 0) is 6.42 Å². The Morgan fingerprint density at radius 2 is 2.25 bits per heavy atom. The quantitative estimate of drug-likeness (QED) is 0.450. The van der Waals surface area contributed by atoms with Crippen LogP contribution in [0, 0.1) is 10.1 Å². The number of benzene rings is 1. The SMILES string of the molecule is CCN1CCCC1CNCCCN1CCc2cc([N+](=O)[O-])ccc21. The highest BCUT2D eigenvalue weighted by atomic mass is 16.6. The van der Waals surface area contributed by atoms with E-state index in [-0.39, 0.29) is 10.6 Å². The van der Waals surface area contributed by atoms with Gasteiger partial charge in [0.05, 0.1) is 4.92 Å². The number of hydrogen-bond donors (Lipinski definition) is 1. The summed E-state index contributed by atoms with van der Waals surface area (Å²) in [7, 11) is 0. The number of nitrogens with one attached hydrogen (secondary N) is 1. The third kappa shape index (κ3) is 3.87. The Morgan fingerprint density at radius 1 is 1.38 bits per heavy atom. The van der Waals surface area contributed by atoms with Gasteiger partial charge in [-0.05, 0) is 56.9 Å². The number of fused-ring (bicyclic) bond motifs is 1. The highest BCUT2D eigenvalue weighted by Crippen LogP contribution is 2.31. The molecule has 2 heterocycles. The second kappa shape index (κ2) is 7.94. The molecule has 0 bridgehead atoms. The largest absolute Gasteiger partial charge is 0.371 e. The van der Waals surface area contributed by atoms with Crippen molar-refractivity contribution in [1.82, 2.24) is 10.2 Å². The number of hydrogen-bond acceptors (Lipinski definition) is 5. The molecule has 1 saturated heterocycles. The van der Waals surface area contributed by atoms with Crippen molar-refractivity contribution >= 4 is 11.4 Å². The van der Waals surface area contributed by atoms with Gasteiger partial charge in [0.25, 0.3) is 5.69 Å². The molecule has 24 heavy (non-hydrogen) atoms. The third-order valence-electron chi connectivity index (χ3n) is 5.33. The molecular formula is C18H28N4O2. The molecule has 2 aliphatic rings. The van der Waals surface area contributed by atoms with Gasteiger partial charge in [0.2, 0.25) is 0 Å². The molecule has 1 atom stereocenters. The van der Waals surface area contributed by atoms with Crippen molar-refractivity contribution in [3.8, 4) is 0 Å². The van der Waals surface area contributed by atoms with Gasteiger partial charge in [-0.3, -0.25) is 15.0 Å². The molecule has 0 aromatic heterocycles. The van der Waals surface area contributed by atoms with Crippen molar-refractivity contribution in [1.29, 1.82) is 0 Å². The van der Waals surface area contributed by atoms with E-state index in [2.05, 4.69) is 22.0 Å². The summed E-state index contributed by atoms with van der Waals surface area (Å²) in [6.07, 6.45) is 4.67. The van der Waals surface area contributed by atoms with Crippen molar-refractivity contribution in [2.75, 3.05) is 44.2 Å². The zero-order valence-electron chi connectivity index (χ0n) is 14.5. The average molecular weight is 332 g/mol. The number of anilines is 1. The van der Waals surface area contributed by atoms with Crippen LogP contribution < -0.4 is 10.2 Å². The number of nitro benzene ring substituents is 1. The van der Waals surface area contributed by atoms with Crippen LogP contribution in [0.3, 0.4) is 0 Å². The molecule has 132 valence electrons. The van der Waals surface area contributed by atoms with Crippen molar-refractivity contribution in [2.45, 2.75) is 38.6 Å². The van der Waals surface area contributed by atoms with E-state index in [4.69, 9.17) is 0 Å². The van der Waals surface area contributed by atoms with E-state index in [0.717, 1.165) is 51.1 Å². The molecule has 1 fully saturated rings. The fourth-order valence-corrected chi connectivity index (χ4v) is 4.01. The molecular weight excluding hydrogens is 304 g/mol. The van der Waals surface area contributed by atoms with E-state index in [1.165, 1.54) is 25.1 Å². The van der Waals surface area contributed by atoms with Crippen LogP contribution in [-0.4, -0.2) is 55.1 Å². The van der Waals surface area contributed by atoms with E-state index in [0.29, 0.717) is 6.04 Å². The normalized spacial score (nSPS) is 20.5. The van der Waals surface area contributed by atoms with Crippen molar-refractivity contribution in [3.63, 3.8) is 0 Å². The molecule has 2 aliphatic heterocycles. The summed E-state index contributed by atoms with van der Waals surface area (Å²) < 4.78 is 0. The first-order valence-corrected chi connectivity index (χ1v) is 9.16. The Hall–Kier alpha value is -1.66. The Labute approximate surface area is 144 Å². The lowest BCUT2D eigenvalue weighted by molar-refractivity contribution is -0.384. The number of likely N-dealkylation sites (tertiary alicyclic amines) is 1. The van der Waals surface area contributed by atoms with E-state index < -0.39 is 0 Å². The van der Waals surface area contributed by atoms with Gasteiger partial charge in [0.15, 0.2) is 0 Å². The topological polar surface area (TPSA) is 61.6 Å². The number of nitrogens with zero attached hydrogens (tertiary/aromatic N) is 3. The smallest absolute Gasteiger partial charge is 0.269 e. The minimum Gasteiger partial charge on any atom is -0.371 e. The van der Waals surface area contributed by atoms with Gasteiger partial charge in [-0.1, -0.05) is 6.92 Å². The summed E-state index contributed by atoms with van der Waals surface area (Å²) in [6, 6.07) is 5.97. The van der Waals surface area contributed by atoms with Gasteiger partial charge in [-0.2, -0.15) is 0 Å². The van der Waals surface area contributed by atoms with Crippen LogP contribution in [0.1, 0.15) is 31.7 Å². The summed E-state index contributed by atoms with van der Waals surface area (Å²) in [5.74, 6) is 0. The third-order valence-corrected chi connectivity index (χ3v) is 5.33. The van der Waals surface area contributed by atoms with Crippen molar-refractivity contribution in [3.05, 3.63) is 33.9 Å². The van der Waals surface area contributed by atoms with Gasteiger partial charge in [0, 0.05) is 43.5 Å². The molecule has 6 heteroatoms. The summed E-state index contributed by atoms with van der Waals surface area (Å²) in [6.45, 7) is 8.77. The van der Waals surface area contributed by atoms with Crippen LogP contribution >= 0.6 is 0 Å². The summed E-state index contributed by atoms with van der Waals surface area (Å²) in [5, 5.41) is 14.5. The first-order chi connectivity index (χ1) is 11.7. The standard InChI is InChI=1S/C18H28N4O2/c1-2-20-10-3-5-17(20)14-19-9-4-11-21-12-8-15-13-16(22(23)24)6-7-18(15)21/h6-7,13,17,19H,2-5,8-12,14H2,1H3. The van der Waals surface area contributed by atoms with Gasteiger partial charge >= 0.3 is 0 Å². The molecule has 6 nitrogen and oxygen atoms in total. The fourth-order valence-electron chi connectivity index (χ4n) is 4.01. The van der Waals surface area contributed by atoms with Gasteiger partial charge in [0.1, 0.15) is 0 Å². The molecule has 1 unspecified atom stereocenters. The Bertz CT molecular complexity index is 578. The molecule has 1 aromatic carbocycles. The molecule has 1 N–H and O–H groups in total. The number of nitro groups is 1. The van der Waals surface area contributed by atoms with Crippen LogP contribution in [0.15, 0.2) is 18.2 Å². The Kier molecular flexibility index (Phi) is 5.68. The summed E-state index contributed by atoms with van der Waals surface area (Å²) in [4.78, 5) is 15.5. The fraction of sp³-hybridized carbons (Fsp3) is 0.667. The number of rotatable bonds is 8. The van der Waals surface area contributed by atoms with Crippen LogP contribution in [0.4, 0.5) is 11.4 Å². The minimum absolute atomic E-state index is 0.203. The maximum absolute atomic E-state index is 10.9. The van der Waals surface area contributed by atoms with Gasteiger partial charge in [-0.25, -0.2) is 0 Å². The summed E-state index contributed by atoms with van der Waals surface area (Å²) in [5.41, 5.74) is 2.49. The zero-order valence-corrected chi connectivity index (χ0v) is 14.5. The Morgan fingerprint density at radius 3 is 3.04 bits per heavy atom. The van der Waals surface area contributed by atoms with Gasteiger partial charge in [-0.15, -0.1) is 0 Å². The minimum atomic E-state index is -0.310. The molecule has 0 spiro atoms. The average Bonchev–Trinajstić information content (AvgIpc) is 3.20. The van der Waals surface area contributed by atoms with E-state index in [9.17, 15) is 10.1 Å². The number of likely N-dealkylation sites (N-methyl/N-ethyl adjacent to an activating group) is 1. The first-order valence-electron chi connectivity index (χ1n) is 9.16. The number of non-ortho nitro benzene ring substituents is 1. The van der Waals surface area contributed by atoms with E-state index >= 15 is 0 Å². The van der Waals surface area contributed by atoms with Gasteiger partial charge < -0.3 is 10.2 Å². The molecule has 0 saturated carbocycles. The maximum Gasteiger partial charge on any atom is 0.269 e. The van der Waals surface area contributed by atoms with E-state index in [1.807, 2.05) is 6.07 Å². The lowest BCUT2D eigenvalue weighted by Crippen LogP contribution is -2.38. The predicted molar refractivity (Wildman–Crippen MR) is 96.8 cm³/mol. The lowest BCUT2D eigenvalue weighted by atomic mass is 10.1. The first kappa shape index (κ1) is 17.2. The summed E-state index contributed by atoms with van der Waals surface area (Å²) >= 11 is 0. The molecule has 0 aliphatic carbocycles. The van der Waals surface area contributed by atoms with Crippen LogP contribution in [0.5, 0.6) is 0 Å². The Balaban J connectivity index is 1.40. The van der Waals surface area contributed by atoms with Crippen LogP contribution in [0.2, 0.25) is 0 Å². The highest BCUT2D eigenvalue weighted by molar-refractivity contribution is 5.61. The molecule has 1 aromatic rings. The highest BCUT2D eigenvalue weighted by Gasteiger charge is 2.23. The van der Waals surface area contributed by atoms with E-state index in [1.54, 1.807) is 12.1 Å². The van der Waals surface area contributed by atoms with Crippen molar-refractivity contribution < 1.29 is 4.92 Å². The second-order valence-electron chi connectivity index (χ2n) is 6.79. The molecule has 0 amide bonds. The van der Waals surface area contributed by atoms with Crippen molar-refractivity contribution in [2.24, 2.45) is 0 Å². The monoisotopic (exact) mass is 332 g/mol. The van der Waals surface area contributed by atoms with Crippen LogP contribution in [0.25, 0.3) is 0 Å². The predicted octanol–water partition coefficient (Wildman–Crippen LogP) is 2.42. The molecule has 0 radical (unpaired) electrons. The lowest BCUT2D eigenvalue weighted by Gasteiger charge is -2.23. The molecule has 3 rings (SSSR count).